The zero-order valence-electron chi connectivity index (χ0n) is 15.5. The van der Waals surface area contributed by atoms with Gasteiger partial charge in [-0.05, 0) is 51.2 Å². The summed E-state index contributed by atoms with van der Waals surface area (Å²) < 4.78 is 5.58. The Morgan fingerprint density at radius 3 is 2.24 bits per heavy atom. The third kappa shape index (κ3) is 6.00. The Bertz CT molecular complexity index is 651. The first-order chi connectivity index (χ1) is 12.0. The number of nitrogens with one attached hydrogen (secondary N) is 1. The number of hydrogen-bond donors (Lipinski definition) is 1. The summed E-state index contributed by atoms with van der Waals surface area (Å²) in [4.78, 5) is 14.5. The van der Waals surface area contributed by atoms with Crippen molar-refractivity contribution in [1.29, 1.82) is 0 Å². The van der Waals surface area contributed by atoms with Crippen LogP contribution >= 0.6 is 0 Å². The van der Waals surface area contributed by atoms with Crippen molar-refractivity contribution in [1.82, 2.24) is 10.2 Å². The molecule has 0 aliphatic heterocycles. The lowest BCUT2D eigenvalue weighted by molar-refractivity contribution is 0.0656. The predicted molar refractivity (Wildman–Crippen MR) is 102 cm³/mol. The van der Waals surface area contributed by atoms with E-state index in [9.17, 15) is 4.79 Å². The largest absolute Gasteiger partial charge is 0.374 e. The summed E-state index contributed by atoms with van der Waals surface area (Å²) in [5.74, 6) is -0.0564. The molecule has 0 saturated carbocycles. The molecular weight excluding hydrogens is 312 g/mol. The Hall–Kier alpha value is -2.17. The summed E-state index contributed by atoms with van der Waals surface area (Å²) in [6, 6.07) is 17.9. The van der Waals surface area contributed by atoms with Gasteiger partial charge in [-0.1, -0.05) is 42.5 Å². The van der Waals surface area contributed by atoms with Crippen LogP contribution in [0.4, 0.5) is 0 Å². The Labute approximate surface area is 150 Å². The molecule has 0 unspecified atom stereocenters. The molecule has 25 heavy (non-hydrogen) atoms. The molecule has 0 spiro atoms. The van der Waals surface area contributed by atoms with Gasteiger partial charge in [-0.15, -0.1) is 0 Å². The van der Waals surface area contributed by atoms with Crippen LogP contribution in [-0.4, -0.2) is 37.6 Å². The van der Waals surface area contributed by atoms with Gasteiger partial charge in [-0.2, -0.15) is 0 Å². The van der Waals surface area contributed by atoms with Crippen molar-refractivity contribution in [2.24, 2.45) is 0 Å². The van der Waals surface area contributed by atoms with Crippen LogP contribution in [-0.2, 0) is 11.3 Å². The van der Waals surface area contributed by atoms with Gasteiger partial charge in [0.25, 0.3) is 5.91 Å². The second kappa shape index (κ2) is 9.35. The minimum absolute atomic E-state index is 0.0564. The SMILES string of the molecule is CC(C)OCc1ccc(C(=O)NC[C@@H](c2ccccc2)N(C)C)cc1. The average molecular weight is 340 g/mol. The summed E-state index contributed by atoms with van der Waals surface area (Å²) in [6.07, 6.45) is 0.198. The van der Waals surface area contributed by atoms with Gasteiger partial charge < -0.3 is 15.0 Å². The van der Waals surface area contributed by atoms with Crippen LogP contribution in [0.5, 0.6) is 0 Å². The third-order valence-electron chi connectivity index (χ3n) is 4.06. The van der Waals surface area contributed by atoms with Crippen LogP contribution in [0.2, 0.25) is 0 Å². The fourth-order valence-corrected chi connectivity index (χ4v) is 2.58. The first-order valence-corrected chi connectivity index (χ1v) is 8.67. The second-order valence-electron chi connectivity index (χ2n) is 6.66. The number of carbonyl (C=O) groups is 1. The number of benzene rings is 2. The maximum absolute atomic E-state index is 12.4. The third-order valence-corrected chi connectivity index (χ3v) is 4.06. The van der Waals surface area contributed by atoms with Crippen LogP contribution in [0.15, 0.2) is 54.6 Å². The zero-order chi connectivity index (χ0) is 18.2. The summed E-state index contributed by atoms with van der Waals surface area (Å²) in [6.45, 7) is 5.15. The summed E-state index contributed by atoms with van der Waals surface area (Å²) in [5, 5.41) is 3.04. The molecule has 2 aromatic rings. The zero-order valence-corrected chi connectivity index (χ0v) is 15.5. The minimum atomic E-state index is -0.0564. The molecule has 0 radical (unpaired) electrons. The van der Waals surface area contributed by atoms with Gasteiger partial charge in [0.1, 0.15) is 0 Å². The molecule has 0 fully saturated rings. The summed E-state index contributed by atoms with van der Waals surface area (Å²) >= 11 is 0. The van der Waals surface area contributed by atoms with Gasteiger partial charge in [0.05, 0.1) is 18.8 Å². The van der Waals surface area contributed by atoms with E-state index in [-0.39, 0.29) is 18.1 Å². The monoisotopic (exact) mass is 340 g/mol. The number of amides is 1. The summed E-state index contributed by atoms with van der Waals surface area (Å²) in [5.41, 5.74) is 2.92. The van der Waals surface area contributed by atoms with Crippen molar-refractivity contribution in [3.05, 3.63) is 71.3 Å². The second-order valence-corrected chi connectivity index (χ2v) is 6.66. The van der Waals surface area contributed by atoms with Crippen LogP contribution < -0.4 is 5.32 Å². The normalized spacial score (nSPS) is 12.4. The lowest BCUT2D eigenvalue weighted by Crippen LogP contribution is -2.34. The number of hydrogen-bond acceptors (Lipinski definition) is 3. The highest BCUT2D eigenvalue weighted by molar-refractivity contribution is 5.94. The number of likely N-dealkylation sites (N-methyl/N-ethyl adjacent to an activating group) is 1. The highest BCUT2D eigenvalue weighted by atomic mass is 16.5. The van der Waals surface area contributed by atoms with Crippen molar-refractivity contribution in [2.75, 3.05) is 20.6 Å². The van der Waals surface area contributed by atoms with Crippen LogP contribution in [0.25, 0.3) is 0 Å². The molecule has 134 valence electrons. The number of ether oxygens (including phenoxy) is 1. The highest BCUT2D eigenvalue weighted by Gasteiger charge is 2.15. The molecule has 0 saturated heterocycles. The Morgan fingerprint density at radius 1 is 1.04 bits per heavy atom. The molecule has 0 aliphatic carbocycles. The minimum Gasteiger partial charge on any atom is -0.374 e. The molecule has 2 aromatic carbocycles. The highest BCUT2D eigenvalue weighted by Crippen LogP contribution is 2.17. The van der Waals surface area contributed by atoms with Crippen molar-refractivity contribution in [2.45, 2.75) is 32.6 Å². The fraction of sp³-hybridized carbons (Fsp3) is 0.381. The molecule has 1 N–H and O–H groups in total. The maximum atomic E-state index is 12.4. The Kier molecular flexibility index (Phi) is 7.16. The van der Waals surface area contributed by atoms with Crippen molar-refractivity contribution >= 4 is 5.91 Å². The van der Waals surface area contributed by atoms with E-state index in [2.05, 4.69) is 22.3 Å². The molecular formula is C21H28N2O2. The standard InChI is InChI=1S/C21H28N2O2/c1-16(2)25-15-17-10-12-19(13-11-17)21(24)22-14-20(23(3)4)18-8-6-5-7-9-18/h5-13,16,20H,14-15H2,1-4H3,(H,22,24)/t20-/m0/s1. The van der Waals surface area contributed by atoms with Gasteiger partial charge in [0.2, 0.25) is 0 Å². The Balaban J connectivity index is 1.94. The van der Waals surface area contributed by atoms with E-state index in [0.717, 1.165) is 5.56 Å². The van der Waals surface area contributed by atoms with Gasteiger partial charge in [0, 0.05) is 12.1 Å². The molecule has 0 heterocycles. The van der Waals surface area contributed by atoms with E-state index in [4.69, 9.17) is 4.74 Å². The fourth-order valence-electron chi connectivity index (χ4n) is 2.58. The molecule has 0 aliphatic rings. The van der Waals surface area contributed by atoms with Gasteiger partial charge in [-0.3, -0.25) is 4.79 Å². The van der Waals surface area contributed by atoms with Gasteiger partial charge >= 0.3 is 0 Å². The number of rotatable bonds is 8. The van der Waals surface area contributed by atoms with Crippen LogP contribution in [0, 0.1) is 0 Å². The lowest BCUT2D eigenvalue weighted by Gasteiger charge is -2.25. The van der Waals surface area contributed by atoms with Crippen molar-refractivity contribution < 1.29 is 9.53 Å². The maximum Gasteiger partial charge on any atom is 0.251 e. The van der Waals surface area contributed by atoms with Crippen LogP contribution in [0.3, 0.4) is 0 Å². The van der Waals surface area contributed by atoms with Crippen LogP contribution in [0.1, 0.15) is 41.4 Å². The van der Waals surface area contributed by atoms with E-state index in [1.807, 2.05) is 70.4 Å². The average Bonchev–Trinajstić information content (AvgIpc) is 2.61. The van der Waals surface area contributed by atoms with Gasteiger partial charge in [0.15, 0.2) is 0 Å². The van der Waals surface area contributed by atoms with Crippen molar-refractivity contribution in [3.8, 4) is 0 Å². The molecule has 0 bridgehead atoms. The quantitative estimate of drug-likeness (QED) is 0.798. The molecule has 2 rings (SSSR count). The van der Waals surface area contributed by atoms with Gasteiger partial charge in [-0.25, -0.2) is 0 Å². The molecule has 4 nitrogen and oxygen atoms in total. The first-order valence-electron chi connectivity index (χ1n) is 8.67. The summed E-state index contributed by atoms with van der Waals surface area (Å²) in [7, 11) is 4.04. The van der Waals surface area contributed by atoms with E-state index in [1.54, 1.807) is 0 Å². The van der Waals surface area contributed by atoms with Crippen molar-refractivity contribution in [3.63, 3.8) is 0 Å². The van der Waals surface area contributed by atoms with E-state index in [1.165, 1.54) is 5.56 Å². The molecule has 0 aromatic heterocycles. The van der Waals surface area contributed by atoms with E-state index < -0.39 is 0 Å². The first kappa shape index (κ1) is 19.2. The van der Waals surface area contributed by atoms with E-state index >= 15 is 0 Å². The molecule has 1 atom stereocenters. The van der Waals surface area contributed by atoms with E-state index in [0.29, 0.717) is 18.7 Å². The topological polar surface area (TPSA) is 41.6 Å². The lowest BCUT2D eigenvalue weighted by atomic mass is 10.1. The molecule has 1 amide bonds. The predicted octanol–water partition coefficient (Wildman–Crippen LogP) is 3.64. The number of nitrogens with zero attached hydrogens (tertiary/aromatic N) is 1. The Morgan fingerprint density at radius 2 is 1.68 bits per heavy atom. The smallest absolute Gasteiger partial charge is 0.251 e. The number of carbonyl (C=O) groups excluding carboxylic acids is 1. The molecule has 4 heteroatoms.